The molecule has 0 bridgehead atoms. The van der Waals surface area contributed by atoms with Gasteiger partial charge in [-0.3, -0.25) is 10.2 Å². The summed E-state index contributed by atoms with van der Waals surface area (Å²) in [6, 6.07) is 0. The van der Waals surface area contributed by atoms with Crippen LogP contribution in [0, 0.1) is 0 Å². The summed E-state index contributed by atoms with van der Waals surface area (Å²) in [6.45, 7) is 1.49. The third-order valence-corrected chi connectivity index (χ3v) is 1.63. The predicted octanol–water partition coefficient (Wildman–Crippen LogP) is -0.298. The average Bonchev–Trinajstić information content (AvgIpc) is 2.01. The van der Waals surface area contributed by atoms with Crippen molar-refractivity contribution in [3.05, 3.63) is 0 Å². The van der Waals surface area contributed by atoms with E-state index in [4.69, 9.17) is 0 Å². The number of nitrogens with one attached hydrogen (secondary N) is 1. The normalized spacial score (nSPS) is 19.5. The van der Waals surface area contributed by atoms with Crippen LogP contribution in [0.4, 0.5) is 0 Å². The highest BCUT2D eigenvalue weighted by atomic mass is 16.2. The number of hydrogen-bond donors (Lipinski definition) is 1. The van der Waals surface area contributed by atoms with Gasteiger partial charge in [0.2, 0.25) is 5.91 Å². The molecule has 0 atom stereocenters. The van der Waals surface area contributed by atoms with Crippen LogP contribution in [0.25, 0.3) is 0 Å². The summed E-state index contributed by atoms with van der Waals surface area (Å²) < 4.78 is 0. The van der Waals surface area contributed by atoms with Gasteiger partial charge in [-0.1, -0.05) is 0 Å². The molecule has 0 aromatic rings. The van der Waals surface area contributed by atoms with Crippen LogP contribution in [-0.2, 0) is 9.59 Å². The topological polar surface area (TPSA) is 49.4 Å². The van der Waals surface area contributed by atoms with Crippen LogP contribution in [0.15, 0.2) is 0 Å². The first-order valence-corrected chi connectivity index (χ1v) is 3.81. The van der Waals surface area contributed by atoms with Gasteiger partial charge in [0.15, 0.2) is 0 Å². The van der Waals surface area contributed by atoms with Crippen LogP contribution >= 0.6 is 0 Å². The zero-order valence-corrected chi connectivity index (χ0v) is 6.38. The molecule has 0 spiro atoms. The fourth-order valence-corrected chi connectivity index (χ4v) is 1.09. The highest BCUT2D eigenvalue weighted by Crippen LogP contribution is 2.00. The molecule has 0 radical (unpaired) electrons. The molecule has 1 rings (SSSR count). The first-order chi connectivity index (χ1) is 5.33. The van der Waals surface area contributed by atoms with Gasteiger partial charge in [-0.15, -0.1) is 0 Å². The summed E-state index contributed by atoms with van der Waals surface area (Å²) in [5.74, 6) is 0.0575. The van der Waals surface area contributed by atoms with Crippen molar-refractivity contribution < 1.29 is 9.59 Å². The van der Waals surface area contributed by atoms with E-state index < -0.39 is 0 Å². The van der Waals surface area contributed by atoms with Crippen LogP contribution < -0.4 is 5.43 Å². The summed E-state index contributed by atoms with van der Waals surface area (Å²) in [6.07, 6.45) is 2.85. The van der Waals surface area contributed by atoms with E-state index >= 15 is 0 Å². The summed E-state index contributed by atoms with van der Waals surface area (Å²) in [7, 11) is 0. The molecule has 1 fully saturated rings. The molecule has 4 heteroatoms. The maximum atomic E-state index is 10.8. The van der Waals surface area contributed by atoms with E-state index in [0.29, 0.717) is 19.4 Å². The standard InChI is InChI=1S/C7H12N2O2/c10-6-2-5-9-4-1-3-7(11)8-9/h6H,1-5H2,(H,8,11). The van der Waals surface area contributed by atoms with Gasteiger partial charge in [-0.2, -0.15) is 0 Å². The molecule has 1 aliphatic heterocycles. The van der Waals surface area contributed by atoms with E-state index in [-0.39, 0.29) is 5.91 Å². The second-order valence-corrected chi connectivity index (χ2v) is 2.58. The average molecular weight is 156 g/mol. The Morgan fingerprint density at radius 1 is 1.64 bits per heavy atom. The van der Waals surface area contributed by atoms with Gasteiger partial charge >= 0.3 is 0 Å². The highest BCUT2D eigenvalue weighted by molar-refractivity contribution is 5.75. The second-order valence-electron chi connectivity index (χ2n) is 2.58. The lowest BCUT2D eigenvalue weighted by molar-refractivity contribution is -0.129. The monoisotopic (exact) mass is 156 g/mol. The van der Waals surface area contributed by atoms with Crippen molar-refractivity contribution in [3.63, 3.8) is 0 Å². The lowest BCUT2D eigenvalue weighted by Crippen LogP contribution is -2.47. The fraction of sp³-hybridized carbons (Fsp3) is 0.714. The Morgan fingerprint density at radius 2 is 2.45 bits per heavy atom. The summed E-state index contributed by atoms with van der Waals surface area (Å²) in [5, 5.41) is 1.79. The molecule has 0 aliphatic carbocycles. The maximum absolute atomic E-state index is 10.8. The molecule has 4 nitrogen and oxygen atoms in total. The first-order valence-electron chi connectivity index (χ1n) is 3.81. The van der Waals surface area contributed by atoms with Crippen molar-refractivity contribution in [2.75, 3.05) is 13.1 Å². The maximum Gasteiger partial charge on any atom is 0.234 e. The molecular formula is C7H12N2O2. The number of carbonyl (C=O) groups excluding carboxylic acids is 2. The summed E-state index contributed by atoms with van der Waals surface area (Å²) in [5.41, 5.74) is 2.69. The van der Waals surface area contributed by atoms with Crippen molar-refractivity contribution >= 4 is 12.2 Å². The summed E-state index contributed by atoms with van der Waals surface area (Å²) >= 11 is 0. The Morgan fingerprint density at radius 3 is 3.09 bits per heavy atom. The minimum absolute atomic E-state index is 0.0575. The van der Waals surface area contributed by atoms with Crippen molar-refractivity contribution in [2.24, 2.45) is 0 Å². The SMILES string of the molecule is O=CCCN1CCCC(=O)N1. The van der Waals surface area contributed by atoms with Crippen molar-refractivity contribution in [3.8, 4) is 0 Å². The number of carbonyl (C=O) groups is 2. The van der Waals surface area contributed by atoms with E-state index in [2.05, 4.69) is 5.43 Å². The quantitative estimate of drug-likeness (QED) is 0.571. The molecule has 1 aliphatic rings. The van der Waals surface area contributed by atoms with Gasteiger partial charge in [-0.05, 0) is 6.42 Å². The molecule has 0 aromatic carbocycles. The van der Waals surface area contributed by atoms with Crippen LogP contribution in [0.5, 0.6) is 0 Å². The summed E-state index contributed by atoms with van der Waals surface area (Å²) in [4.78, 5) is 20.8. The number of hydrazine groups is 1. The highest BCUT2D eigenvalue weighted by Gasteiger charge is 2.13. The van der Waals surface area contributed by atoms with Gasteiger partial charge in [0, 0.05) is 25.9 Å². The first kappa shape index (κ1) is 8.20. The van der Waals surface area contributed by atoms with Gasteiger partial charge in [-0.25, -0.2) is 5.01 Å². The molecule has 0 saturated carbocycles. The van der Waals surface area contributed by atoms with Gasteiger partial charge < -0.3 is 4.79 Å². The minimum Gasteiger partial charge on any atom is -0.303 e. The minimum atomic E-state index is 0.0575. The van der Waals surface area contributed by atoms with Crippen molar-refractivity contribution in [1.82, 2.24) is 10.4 Å². The predicted molar refractivity (Wildman–Crippen MR) is 39.6 cm³/mol. The largest absolute Gasteiger partial charge is 0.303 e. The van der Waals surface area contributed by atoms with Crippen LogP contribution in [0.2, 0.25) is 0 Å². The lowest BCUT2D eigenvalue weighted by atomic mass is 10.2. The van der Waals surface area contributed by atoms with Gasteiger partial charge in [0.05, 0.1) is 0 Å². The van der Waals surface area contributed by atoms with Gasteiger partial charge in [0.25, 0.3) is 0 Å². The van der Waals surface area contributed by atoms with E-state index in [1.54, 1.807) is 5.01 Å². The Balaban J connectivity index is 2.22. The molecule has 0 unspecified atom stereocenters. The van der Waals surface area contributed by atoms with Crippen LogP contribution in [-0.4, -0.2) is 30.3 Å². The Labute approximate surface area is 65.5 Å². The molecule has 0 aromatic heterocycles. The second kappa shape index (κ2) is 4.08. The zero-order chi connectivity index (χ0) is 8.10. The third kappa shape index (κ3) is 2.67. The number of aldehydes is 1. The van der Waals surface area contributed by atoms with Crippen molar-refractivity contribution in [1.29, 1.82) is 0 Å². The molecule has 1 N–H and O–H groups in total. The van der Waals surface area contributed by atoms with E-state index in [1.807, 2.05) is 0 Å². The Kier molecular flexibility index (Phi) is 3.04. The van der Waals surface area contributed by atoms with E-state index in [0.717, 1.165) is 19.3 Å². The molecule has 1 heterocycles. The number of hydrogen-bond acceptors (Lipinski definition) is 3. The smallest absolute Gasteiger partial charge is 0.234 e. The fourth-order valence-electron chi connectivity index (χ4n) is 1.09. The molecule has 1 amide bonds. The van der Waals surface area contributed by atoms with Gasteiger partial charge in [0.1, 0.15) is 6.29 Å². The third-order valence-electron chi connectivity index (χ3n) is 1.63. The van der Waals surface area contributed by atoms with E-state index in [9.17, 15) is 9.59 Å². The molecule has 62 valence electrons. The number of nitrogens with zero attached hydrogens (tertiary/aromatic N) is 1. The number of rotatable bonds is 3. The molecule has 1 saturated heterocycles. The zero-order valence-electron chi connectivity index (χ0n) is 6.38. The Hall–Kier alpha value is -0.900. The number of amides is 1. The van der Waals surface area contributed by atoms with Crippen LogP contribution in [0.1, 0.15) is 19.3 Å². The lowest BCUT2D eigenvalue weighted by Gasteiger charge is -2.26. The Bertz CT molecular complexity index is 159. The van der Waals surface area contributed by atoms with Crippen molar-refractivity contribution in [2.45, 2.75) is 19.3 Å². The van der Waals surface area contributed by atoms with E-state index in [1.165, 1.54) is 0 Å². The van der Waals surface area contributed by atoms with Crippen LogP contribution in [0.3, 0.4) is 0 Å². The molecular weight excluding hydrogens is 144 g/mol. The molecule has 11 heavy (non-hydrogen) atoms.